The van der Waals surface area contributed by atoms with Crippen molar-refractivity contribution in [2.24, 2.45) is 0 Å². The second-order valence-electron chi connectivity index (χ2n) is 4.40. The molecule has 0 aliphatic rings. The van der Waals surface area contributed by atoms with Crippen molar-refractivity contribution in [1.82, 2.24) is 19.7 Å². The van der Waals surface area contributed by atoms with Gasteiger partial charge in [0.2, 0.25) is 0 Å². The molecule has 7 heteroatoms. The lowest BCUT2D eigenvalue weighted by Gasteiger charge is -2.07. The smallest absolute Gasteiger partial charge is 0.195 e. The predicted molar refractivity (Wildman–Crippen MR) is 76.1 cm³/mol. The lowest BCUT2D eigenvalue weighted by atomic mass is 10.2. The summed E-state index contributed by atoms with van der Waals surface area (Å²) in [5.74, 6) is -1.22. The molecule has 0 fully saturated rings. The molecule has 0 saturated heterocycles. The lowest BCUT2D eigenvalue weighted by molar-refractivity contribution is 0.506. The van der Waals surface area contributed by atoms with E-state index in [1.165, 1.54) is 6.07 Å². The molecule has 0 bridgehead atoms. The third kappa shape index (κ3) is 2.73. The standard InChI is InChI=1S/C14H10F2N4S/c15-10-5-4-9(7-11(10)16)8-20-13(18-19-14(20)21)12-3-1-2-6-17-12/h1-7H,8H2,(H,19,21). The molecule has 2 heterocycles. The number of halogens is 2. The molecular formula is C14H10F2N4S. The molecule has 2 aromatic heterocycles. The Morgan fingerprint density at radius 1 is 1.14 bits per heavy atom. The summed E-state index contributed by atoms with van der Waals surface area (Å²) in [4.78, 5) is 4.21. The summed E-state index contributed by atoms with van der Waals surface area (Å²) in [6.45, 7) is 0.276. The first-order valence-corrected chi connectivity index (χ1v) is 6.56. The normalized spacial score (nSPS) is 10.8. The summed E-state index contributed by atoms with van der Waals surface area (Å²) in [6, 6.07) is 9.18. The van der Waals surface area contributed by atoms with Crippen LogP contribution in [0.15, 0.2) is 42.6 Å². The maximum Gasteiger partial charge on any atom is 0.195 e. The molecule has 0 amide bonds. The van der Waals surface area contributed by atoms with Gasteiger partial charge in [-0.1, -0.05) is 12.1 Å². The zero-order valence-electron chi connectivity index (χ0n) is 10.8. The molecular weight excluding hydrogens is 294 g/mol. The summed E-state index contributed by atoms with van der Waals surface area (Å²) in [7, 11) is 0. The number of nitrogens with zero attached hydrogens (tertiary/aromatic N) is 3. The molecule has 4 nitrogen and oxygen atoms in total. The first-order valence-electron chi connectivity index (χ1n) is 6.15. The van der Waals surface area contributed by atoms with E-state index >= 15 is 0 Å². The first kappa shape index (κ1) is 13.6. The van der Waals surface area contributed by atoms with Crippen molar-refractivity contribution in [1.29, 1.82) is 0 Å². The van der Waals surface area contributed by atoms with Crippen LogP contribution in [-0.4, -0.2) is 19.7 Å². The maximum atomic E-state index is 13.3. The summed E-state index contributed by atoms with van der Waals surface area (Å²) >= 11 is 5.18. The van der Waals surface area contributed by atoms with E-state index in [4.69, 9.17) is 12.2 Å². The van der Waals surface area contributed by atoms with Crippen molar-refractivity contribution in [2.45, 2.75) is 6.54 Å². The molecule has 0 atom stereocenters. The number of aromatic amines is 1. The van der Waals surface area contributed by atoms with Crippen LogP contribution in [0.25, 0.3) is 11.5 Å². The van der Waals surface area contributed by atoms with E-state index in [-0.39, 0.29) is 6.54 Å². The van der Waals surface area contributed by atoms with Crippen LogP contribution in [0.4, 0.5) is 8.78 Å². The first-order chi connectivity index (χ1) is 10.1. The fourth-order valence-electron chi connectivity index (χ4n) is 1.98. The molecule has 0 aliphatic heterocycles. The predicted octanol–water partition coefficient (Wildman–Crippen LogP) is 3.33. The van der Waals surface area contributed by atoms with Gasteiger partial charge in [0, 0.05) is 6.20 Å². The molecule has 3 rings (SSSR count). The summed E-state index contributed by atoms with van der Waals surface area (Å²) in [5, 5.41) is 6.83. The largest absolute Gasteiger partial charge is 0.294 e. The lowest BCUT2D eigenvalue weighted by Crippen LogP contribution is -2.04. The quantitative estimate of drug-likeness (QED) is 0.755. The third-order valence-corrected chi connectivity index (χ3v) is 3.29. The van der Waals surface area contributed by atoms with Crippen LogP contribution in [-0.2, 0) is 6.54 Å². The average molecular weight is 304 g/mol. The highest BCUT2D eigenvalue weighted by molar-refractivity contribution is 7.71. The second kappa shape index (κ2) is 5.53. The van der Waals surface area contributed by atoms with Gasteiger partial charge in [0.15, 0.2) is 22.2 Å². The Kier molecular flexibility index (Phi) is 3.57. The molecule has 0 spiro atoms. The summed E-state index contributed by atoms with van der Waals surface area (Å²) in [6.07, 6.45) is 1.65. The zero-order valence-corrected chi connectivity index (χ0v) is 11.6. The fraction of sp³-hybridized carbons (Fsp3) is 0.0714. The number of benzene rings is 1. The molecule has 0 aliphatic carbocycles. The minimum absolute atomic E-state index is 0.276. The van der Waals surface area contributed by atoms with Crippen molar-refractivity contribution in [3.8, 4) is 11.5 Å². The van der Waals surface area contributed by atoms with Crippen LogP contribution in [0.3, 0.4) is 0 Å². The van der Waals surface area contributed by atoms with Gasteiger partial charge in [-0.05, 0) is 42.0 Å². The monoisotopic (exact) mass is 304 g/mol. The Morgan fingerprint density at radius 3 is 2.71 bits per heavy atom. The van der Waals surface area contributed by atoms with Gasteiger partial charge in [-0.15, -0.1) is 0 Å². The Balaban J connectivity index is 2.01. The van der Waals surface area contributed by atoms with E-state index in [0.29, 0.717) is 21.9 Å². The van der Waals surface area contributed by atoms with Gasteiger partial charge < -0.3 is 0 Å². The van der Waals surface area contributed by atoms with Gasteiger partial charge in [-0.2, -0.15) is 5.10 Å². The molecule has 0 unspecified atom stereocenters. The van der Waals surface area contributed by atoms with Gasteiger partial charge >= 0.3 is 0 Å². The summed E-state index contributed by atoms with van der Waals surface area (Å²) in [5.41, 5.74) is 1.23. The van der Waals surface area contributed by atoms with E-state index in [9.17, 15) is 8.78 Å². The topological polar surface area (TPSA) is 46.5 Å². The minimum atomic E-state index is -0.887. The Hall–Kier alpha value is -2.41. The molecule has 1 N–H and O–H groups in total. The number of pyridine rings is 1. The second-order valence-corrected chi connectivity index (χ2v) is 4.79. The van der Waals surface area contributed by atoms with Gasteiger partial charge in [0.1, 0.15) is 5.69 Å². The van der Waals surface area contributed by atoms with Crippen LogP contribution >= 0.6 is 12.2 Å². The van der Waals surface area contributed by atoms with Gasteiger partial charge in [-0.25, -0.2) is 8.78 Å². The van der Waals surface area contributed by atoms with Crippen molar-refractivity contribution in [3.63, 3.8) is 0 Å². The zero-order chi connectivity index (χ0) is 14.8. The van der Waals surface area contributed by atoms with Gasteiger partial charge in [-0.3, -0.25) is 14.6 Å². The van der Waals surface area contributed by atoms with Crippen LogP contribution in [0.2, 0.25) is 0 Å². The SMILES string of the molecule is Fc1ccc(Cn2c(-c3ccccn3)n[nH]c2=S)cc1F. The number of rotatable bonds is 3. The van der Waals surface area contributed by atoms with E-state index in [0.717, 1.165) is 12.1 Å². The number of H-pyrrole nitrogens is 1. The van der Waals surface area contributed by atoms with E-state index < -0.39 is 11.6 Å². The molecule has 106 valence electrons. The molecule has 21 heavy (non-hydrogen) atoms. The third-order valence-electron chi connectivity index (χ3n) is 2.98. The van der Waals surface area contributed by atoms with Crippen LogP contribution in [0, 0.1) is 16.4 Å². The molecule has 0 saturated carbocycles. The number of nitrogens with one attached hydrogen (secondary N) is 1. The van der Waals surface area contributed by atoms with E-state index in [1.54, 1.807) is 22.9 Å². The molecule has 1 aromatic carbocycles. The van der Waals surface area contributed by atoms with Crippen molar-refractivity contribution < 1.29 is 8.78 Å². The van der Waals surface area contributed by atoms with Crippen molar-refractivity contribution >= 4 is 12.2 Å². The van der Waals surface area contributed by atoms with Gasteiger partial charge in [0.25, 0.3) is 0 Å². The Labute approximate surface area is 124 Å². The highest BCUT2D eigenvalue weighted by Gasteiger charge is 2.11. The van der Waals surface area contributed by atoms with Crippen LogP contribution in [0.5, 0.6) is 0 Å². The minimum Gasteiger partial charge on any atom is -0.294 e. The van der Waals surface area contributed by atoms with E-state index in [2.05, 4.69) is 15.2 Å². The summed E-state index contributed by atoms with van der Waals surface area (Å²) < 4.78 is 28.3. The number of hydrogen-bond acceptors (Lipinski definition) is 3. The maximum absolute atomic E-state index is 13.3. The highest BCUT2D eigenvalue weighted by Crippen LogP contribution is 2.17. The Morgan fingerprint density at radius 2 is 2.00 bits per heavy atom. The average Bonchev–Trinajstić information content (AvgIpc) is 2.85. The molecule has 3 aromatic rings. The highest BCUT2D eigenvalue weighted by atomic mass is 32.1. The van der Waals surface area contributed by atoms with Crippen molar-refractivity contribution in [3.05, 3.63) is 64.6 Å². The Bertz CT molecular complexity index is 826. The number of aromatic nitrogens is 4. The van der Waals surface area contributed by atoms with Crippen molar-refractivity contribution in [2.75, 3.05) is 0 Å². The van der Waals surface area contributed by atoms with Gasteiger partial charge in [0.05, 0.1) is 6.54 Å². The molecule has 0 radical (unpaired) electrons. The van der Waals surface area contributed by atoms with Crippen LogP contribution in [0.1, 0.15) is 5.56 Å². The van der Waals surface area contributed by atoms with Crippen LogP contribution < -0.4 is 0 Å². The van der Waals surface area contributed by atoms with E-state index in [1.807, 2.05) is 6.07 Å². The number of hydrogen-bond donors (Lipinski definition) is 1. The fourth-order valence-corrected chi connectivity index (χ4v) is 2.17.